The van der Waals surface area contributed by atoms with Crippen LogP contribution in [0.2, 0.25) is 0 Å². The van der Waals surface area contributed by atoms with Crippen LogP contribution in [0.1, 0.15) is 39.2 Å². The fraction of sp³-hybridized carbons (Fsp3) is 0.421. The van der Waals surface area contributed by atoms with Crippen LogP contribution in [0, 0.1) is 0 Å². The van der Waals surface area contributed by atoms with E-state index in [0.29, 0.717) is 13.2 Å². The Morgan fingerprint density at radius 1 is 1.09 bits per heavy atom. The molecule has 0 bridgehead atoms. The molecule has 0 aliphatic heterocycles. The Bertz CT molecular complexity index is 524. The zero-order chi connectivity index (χ0) is 16.4. The van der Waals surface area contributed by atoms with Crippen LogP contribution in [0.25, 0.3) is 0 Å². The molecule has 0 aliphatic rings. The highest BCUT2D eigenvalue weighted by Gasteiger charge is 1.96. The molecule has 0 aliphatic carbocycles. The molecule has 1 rings (SSSR count). The van der Waals surface area contributed by atoms with Gasteiger partial charge in [-0.1, -0.05) is 29.9 Å². The van der Waals surface area contributed by atoms with Gasteiger partial charge in [-0.15, -0.1) is 0 Å². The van der Waals surface area contributed by atoms with Gasteiger partial charge in [0.05, 0.1) is 20.3 Å². The van der Waals surface area contributed by atoms with Crippen LogP contribution in [0.4, 0.5) is 0 Å². The van der Waals surface area contributed by atoms with Crippen molar-refractivity contribution in [2.75, 3.05) is 13.7 Å². The maximum absolute atomic E-state index is 11.1. The molecule has 0 atom stereocenters. The summed E-state index contributed by atoms with van der Waals surface area (Å²) in [4.78, 5) is 11.1. The van der Waals surface area contributed by atoms with Crippen molar-refractivity contribution >= 4 is 5.78 Å². The molecule has 0 saturated carbocycles. The summed E-state index contributed by atoms with van der Waals surface area (Å²) in [5, 5.41) is 0. The minimum atomic E-state index is 0.143. The molecule has 0 fully saturated rings. The second-order valence-electron chi connectivity index (χ2n) is 5.40. The third-order valence-corrected chi connectivity index (χ3v) is 3.52. The van der Waals surface area contributed by atoms with Gasteiger partial charge in [0.1, 0.15) is 5.75 Å². The maximum atomic E-state index is 11.1. The van der Waals surface area contributed by atoms with Crippen molar-refractivity contribution in [3.63, 3.8) is 0 Å². The zero-order valence-corrected chi connectivity index (χ0v) is 14.0. The number of hydrogen-bond acceptors (Lipinski definition) is 3. The first kappa shape index (κ1) is 18.2. The number of hydrogen-bond donors (Lipinski definition) is 0. The van der Waals surface area contributed by atoms with Crippen molar-refractivity contribution in [2.24, 2.45) is 0 Å². The lowest BCUT2D eigenvalue weighted by atomic mass is 10.1. The first-order valence-corrected chi connectivity index (χ1v) is 7.57. The molecule has 0 spiro atoms. The monoisotopic (exact) mass is 302 g/mol. The van der Waals surface area contributed by atoms with Crippen molar-refractivity contribution in [3.05, 3.63) is 53.1 Å². The van der Waals surface area contributed by atoms with E-state index < -0.39 is 0 Å². The van der Waals surface area contributed by atoms with Crippen molar-refractivity contribution in [1.82, 2.24) is 0 Å². The Kier molecular flexibility index (Phi) is 8.23. The first-order valence-electron chi connectivity index (χ1n) is 7.57. The van der Waals surface area contributed by atoms with E-state index in [1.54, 1.807) is 14.0 Å². The van der Waals surface area contributed by atoms with E-state index >= 15 is 0 Å². The SMILES string of the molecule is COc1ccc(COC/C=C(\C)CC/C=C(\C)C(C)=O)cc1. The van der Waals surface area contributed by atoms with Gasteiger partial charge < -0.3 is 9.47 Å². The molecular formula is C19H26O3. The lowest BCUT2D eigenvalue weighted by Crippen LogP contribution is -1.94. The first-order chi connectivity index (χ1) is 10.5. The van der Waals surface area contributed by atoms with E-state index in [1.807, 2.05) is 37.3 Å². The Balaban J connectivity index is 2.26. The van der Waals surface area contributed by atoms with Gasteiger partial charge in [0.25, 0.3) is 0 Å². The summed E-state index contributed by atoms with van der Waals surface area (Å²) in [7, 11) is 1.66. The van der Waals surface area contributed by atoms with Crippen LogP contribution in [0.15, 0.2) is 47.6 Å². The Hall–Kier alpha value is -1.87. The largest absolute Gasteiger partial charge is 0.497 e. The molecule has 0 heterocycles. The molecule has 3 nitrogen and oxygen atoms in total. The highest BCUT2D eigenvalue weighted by molar-refractivity contribution is 5.92. The van der Waals surface area contributed by atoms with Crippen LogP contribution < -0.4 is 4.74 Å². The van der Waals surface area contributed by atoms with Gasteiger partial charge in [-0.2, -0.15) is 0 Å². The van der Waals surface area contributed by atoms with Crippen LogP contribution in [0.3, 0.4) is 0 Å². The topological polar surface area (TPSA) is 35.5 Å². The molecule has 0 unspecified atom stereocenters. The minimum absolute atomic E-state index is 0.143. The number of benzene rings is 1. The molecule has 1 aromatic rings. The van der Waals surface area contributed by atoms with E-state index in [4.69, 9.17) is 9.47 Å². The summed E-state index contributed by atoms with van der Waals surface area (Å²) >= 11 is 0. The number of carbonyl (C=O) groups is 1. The average molecular weight is 302 g/mol. The molecule has 22 heavy (non-hydrogen) atoms. The number of Topliss-reactive ketones (excluding diaryl/α,β-unsaturated/α-hetero) is 1. The molecule has 120 valence electrons. The van der Waals surface area contributed by atoms with Crippen molar-refractivity contribution in [1.29, 1.82) is 0 Å². The van der Waals surface area contributed by atoms with Crippen LogP contribution in [0.5, 0.6) is 5.75 Å². The fourth-order valence-corrected chi connectivity index (χ4v) is 1.86. The number of methoxy groups -OCH3 is 1. The summed E-state index contributed by atoms with van der Waals surface area (Å²) < 4.78 is 10.8. The van der Waals surface area contributed by atoms with Crippen molar-refractivity contribution in [2.45, 2.75) is 40.2 Å². The maximum Gasteiger partial charge on any atom is 0.155 e. The third-order valence-electron chi connectivity index (χ3n) is 3.52. The molecule has 3 heteroatoms. The average Bonchev–Trinajstić information content (AvgIpc) is 2.52. The molecule has 0 radical (unpaired) electrons. The molecule has 0 saturated heterocycles. The van der Waals surface area contributed by atoms with Crippen LogP contribution in [-0.4, -0.2) is 19.5 Å². The highest BCUT2D eigenvalue weighted by Crippen LogP contribution is 2.12. The summed E-state index contributed by atoms with van der Waals surface area (Å²) in [5.41, 5.74) is 3.25. The zero-order valence-electron chi connectivity index (χ0n) is 14.0. The lowest BCUT2D eigenvalue weighted by Gasteiger charge is -2.04. The van der Waals surface area contributed by atoms with E-state index in [1.165, 1.54) is 5.57 Å². The number of allylic oxidation sites excluding steroid dienone is 3. The number of carbonyl (C=O) groups excluding carboxylic acids is 1. The van der Waals surface area contributed by atoms with Gasteiger partial charge in [0.2, 0.25) is 0 Å². The van der Waals surface area contributed by atoms with Gasteiger partial charge in [0, 0.05) is 0 Å². The number of ketones is 1. The standard InChI is InChI=1S/C19H26O3/c1-15(6-5-7-16(2)17(3)20)12-13-22-14-18-8-10-19(21-4)11-9-18/h7-12H,5-6,13-14H2,1-4H3/b15-12+,16-7+. The Morgan fingerprint density at radius 2 is 1.77 bits per heavy atom. The van der Waals surface area contributed by atoms with Gasteiger partial charge >= 0.3 is 0 Å². The quantitative estimate of drug-likeness (QED) is 0.383. The fourth-order valence-electron chi connectivity index (χ4n) is 1.86. The van der Waals surface area contributed by atoms with Crippen LogP contribution >= 0.6 is 0 Å². The predicted molar refractivity (Wildman–Crippen MR) is 90.1 cm³/mol. The van der Waals surface area contributed by atoms with Crippen LogP contribution in [-0.2, 0) is 16.1 Å². The van der Waals surface area contributed by atoms with Gasteiger partial charge in [-0.3, -0.25) is 4.79 Å². The van der Waals surface area contributed by atoms with Gasteiger partial charge in [0.15, 0.2) is 5.78 Å². The molecule has 0 amide bonds. The van der Waals surface area contributed by atoms with Crippen molar-refractivity contribution < 1.29 is 14.3 Å². The Morgan fingerprint density at radius 3 is 2.36 bits per heavy atom. The summed E-state index contributed by atoms with van der Waals surface area (Å²) in [5.74, 6) is 0.998. The highest BCUT2D eigenvalue weighted by atomic mass is 16.5. The van der Waals surface area contributed by atoms with E-state index in [0.717, 1.165) is 29.7 Å². The smallest absolute Gasteiger partial charge is 0.155 e. The van der Waals surface area contributed by atoms with Gasteiger partial charge in [-0.05, 0) is 56.9 Å². The van der Waals surface area contributed by atoms with E-state index in [9.17, 15) is 4.79 Å². The van der Waals surface area contributed by atoms with E-state index in [-0.39, 0.29) is 5.78 Å². The second-order valence-corrected chi connectivity index (χ2v) is 5.40. The normalized spacial score (nSPS) is 12.4. The van der Waals surface area contributed by atoms with Gasteiger partial charge in [-0.25, -0.2) is 0 Å². The number of rotatable bonds is 9. The summed E-state index contributed by atoms with van der Waals surface area (Å²) in [6.45, 7) is 6.75. The summed E-state index contributed by atoms with van der Waals surface area (Å²) in [6.07, 6.45) is 5.95. The Labute approximate surface area is 133 Å². The summed E-state index contributed by atoms with van der Waals surface area (Å²) in [6, 6.07) is 7.88. The molecule has 1 aromatic carbocycles. The molecule has 0 N–H and O–H groups in total. The minimum Gasteiger partial charge on any atom is -0.497 e. The van der Waals surface area contributed by atoms with E-state index in [2.05, 4.69) is 13.0 Å². The van der Waals surface area contributed by atoms with Crippen molar-refractivity contribution in [3.8, 4) is 5.75 Å². The second kappa shape index (κ2) is 9.96. The predicted octanol–water partition coefficient (Wildman–Crippen LogP) is 4.47. The lowest BCUT2D eigenvalue weighted by molar-refractivity contribution is -0.113. The number of ether oxygens (including phenoxy) is 2. The molecular weight excluding hydrogens is 276 g/mol. The molecule has 0 aromatic heterocycles. The third kappa shape index (κ3) is 7.23.